The number of rotatable bonds is 6. The smallest absolute Gasteiger partial charge is 0.183 e. The third-order valence-electron chi connectivity index (χ3n) is 1.46. The lowest BCUT2D eigenvalue weighted by molar-refractivity contribution is 0.301. The Labute approximate surface area is 91.1 Å². The number of allylic oxidation sites excluding steroid dienone is 1. The van der Waals surface area contributed by atoms with E-state index >= 15 is 0 Å². The molecule has 0 spiro atoms. The molecule has 0 N–H and O–H groups in total. The Morgan fingerprint density at radius 1 is 1.31 bits per heavy atom. The van der Waals surface area contributed by atoms with E-state index in [1.54, 1.807) is 4.99 Å². The van der Waals surface area contributed by atoms with Gasteiger partial charge in [-0.3, -0.25) is 0 Å². The maximum atomic E-state index is 5.72. The number of hydrogen-bond acceptors (Lipinski definition) is 1. The molecule has 0 bridgehead atoms. The predicted octanol–water partition coefficient (Wildman–Crippen LogP) is 4.07. The van der Waals surface area contributed by atoms with Crippen LogP contribution in [0.1, 0.15) is 19.3 Å². The van der Waals surface area contributed by atoms with Crippen molar-refractivity contribution >= 4 is 24.2 Å². The molecule has 0 rings (SSSR count). The maximum Gasteiger partial charge on any atom is 0.183 e. The van der Waals surface area contributed by atoms with Crippen LogP contribution in [0.5, 0.6) is 0 Å². The van der Waals surface area contributed by atoms with Crippen LogP contribution in [-0.4, -0.2) is 14.9 Å². The average molecular weight is 263 g/mol. The monoisotopic (exact) mass is 262 g/mol. The third kappa shape index (κ3) is 12.2. The van der Waals surface area contributed by atoms with Gasteiger partial charge in [0.1, 0.15) is 0 Å². The SMILES string of the molecule is C[Si](C)(C)OCCCCC=C=CBr. The molecule has 3 heteroatoms. The first-order chi connectivity index (χ1) is 6.06. The fraction of sp³-hybridized carbons (Fsp3) is 0.700. The average Bonchev–Trinajstić information content (AvgIpc) is 2.01. The van der Waals surface area contributed by atoms with Gasteiger partial charge in [0.05, 0.1) is 0 Å². The summed E-state index contributed by atoms with van der Waals surface area (Å²) in [4.78, 5) is 1.76. The van der Waals surface area contributed by atoms with Crippen LogP contribution >= 0.6 is 15.9 Å². The molecule has 0 amide bonds. The Morgan fingerprint density at radius 2 is 2.00 bits per heavy atom. The molecule has 0 heterocycles. The van der Waals surface area contributed by atoms with E-state index in [1.165, 1.54) is 6.42 Å². The first kappa shape index (κ1) is 13.2. The first-order valence-corrected chi connectivity index (χ1v) is 9.02. The molecule has 0 aromatic rings. The van der Waals surface area contributed by atoms with Gasteiger partial charge in [0.25, 0.3) is 0 Å². The van der Waals surface area contributed by atoms with Crippen LogP contribution in [0, 0.1) is 0 Å². The fourth-order valence-electron chi connectivity index (χ4n) is 0.855. The Morgan fingerprint density at radius 3 is 2.54 bits per heavy atom. The summed E-state index contributed by atoms with van der Waals surface area (Å²) in [6.45, 7) is 7.59. The molecule has 0 saturated carbocycles. The second-order valence-electron chi connectivity index (χ2n) is 3.94. The molecular weight excluding hydrogens is 244 g/mol. The lowest BCUT2D eigenvalue weighted by atomic mass is 10.2. The van der Waals surface area contributed by atoms with E-state index in [-0.39, 0.29) is 0 Å². The summed E-state index contributed by atoms with van der Waals surface area (Å²) in [5, 5.41) is 0. The van der Waals surface area contributed by atoms with Crippen molar-refractivity contribution in [2.45, 2.75) is 38.9 Å². The Balaban J connectivity index is 3.23. The molecule has 0 saturated heterocycles. The summed E-state index contributed by atoms with van der Waals surface area (Å²) < 4.78 is 5.72. The van der Waals surface area contributed by atoms with E-state index in [0.717, 1.165) is 19.4 Å². The van der Waals surface area contributed by atoms with Crippen molar-refractivity contribution in [3.05, 3.63) is 16.8 Å². The van der Waals surface area contributed by atoms with Crippen molar-refractivity contribution in [3.8, 4) is 0 Å². The summed E-state index contributed by atoms with van der Waals surface area (Å²) in [5.74, 6) is 0. The molecular formula is C10H19BrOSi. The van der Waals surface area contributed by atoms with Gasteiger partial charge in [-0.05, 0) is 45.0 Å². The van der Waals surface area contributed by atoms with E-state index in [0.29, 0.717) is 0 Å². The van der Waals surface area contributed by atoms with Gasteiger partial charge in [-0.2, -0.15) is 0 Å². The molecule has 0 radical (unpaired) electrons. The number of unbranched alkanes of at least 4 members (excludes halogenated alkanes) is 2. The molecule has 13 heavy (non-hydrogen) atoms. The maximum absolute atomic E-state index is 5.72. The van der Waals surface area contributed by atoms with Gasteiger partial charge in [0, 0.05) is 11.6 Å². The summed E-state index contributed by atoms with van der Waals surface area (Å²) >= 11 is 3.17. The molecule has 0 aromatic carbocycles. The van der Waals surface area contributed by atoms with E-state index < -0.39 is 8.32 Å². The van der Waals surface area contributed by atoms with Gasteiger partial charge in [-0.1, -0.05) is 15.9 Å². The number of hydrogen-bond donors (Lipinski definition) is 0. The lowest BCUT2D eigenvalue weighted by Crippen LogP contribution is -2.25. The van der Waals surface area contributed by atoms with Crippen LogP contribution in [0.4, 0.5) is 0 Å². The third-order valence-corrected chi connectivity index (χ3v) is 2.79. The molecule has 1 nitrogen and oxygen atoms in total. The highest BCUT2D eigenvalue weighted by atomic mass is 79.9. The van der Waals surface area contributed by atoms with Crippen molar-refractivity contribution in [2.24, 2.45) is 0 Å². The van der Waals surface area contributed by atoms with Gasteiger partial charge < -0.3 is 4.43 Å². The molecule has 0 aliphatic rings. The minimum absolute atomic E-state index is 0.918. The second-order valence-corrected chi connectivity index (χ2v) is 8.91. The summed E-state index contributed by atoms with van der Waals surface area (Å²) in [7, 11) is -1.27. The highest BCUT2D eigenvalue weighted by Crippen LogP contribution is 2.05. The van der Waals surface area contributed by atoms with Gasteiger partial charge in [0.15, 0.2) is 8.32 Å². The van der Waals surface area contributed by atoms with Crippen molar-refractivity contribution in [3.63, 3.8) is 0 Å². The van der Waals surface area contributed by atoms with Gasteiger partial charge in [-0.15, -0.1) is 5.73 Å². The summed E-state index contributed by atoms with van der Waals surface area (Å²) in [5.41, 5.74) is 2.99. The normalized spacial score (nSPS) is 10.8. The molecule has 0 atom stereocenters. The van der Waals surface area contributed by atoms with Crippen LogP contribution in [0.3, 0.4) is 0 Å². The highest BCUT2D eigenvalue weighted by molar-refractivity contribution is 9.11. The quantitative estimate of drug-likeness (QED) is 0.399. The zero-order valence-electron chi connectivity index (χ0n) is 8.77. The van der Waals surface area contributed by atoms with E-state index in [1.807, 2.05) is 6.08 Å². The first-order valence-electron chi connectivity index (χ1n) is 4.70. The Hall–Kier alpha value is 0.177. The second kappa shape index (κ2) is 7.57. The van der Waals surface area contributed by atoms with E-state index in [4.69, 9.17) is 4.43 Å². The molecule has 0 fully saturated rings. The summed E-state index contributed by atoms with van der Waals surface area (Å²) in [6.07, 6.45) is 5.49. The van der Waals surface area contributed by atoms with Crippen molar-refractivity contribution in [2.75, 3.05) is 6.61 Å². The predicted molar refractivity (Wildman–Crippen MR) is 64.7 cm³/mol. The van der Waals surface area contributed by atoms with Crippen LogP contribution in [0.15, 0.2) is 16.8 Å². The minimum Gasteiger partial charge on any atom is -0.418 e. The van der Waals surface area contributed by atoms with Gasteiger partial charge in [0.2, 0.25) is 0 Å². The molecule has 0 aliphatic carbocycles. The standard InChI is InChI=1S/C10H19BrOSi/c1-13(2,3)12-10-8-6-4-5-7-9-11/h5,9H,4,6,8,10H2,1-3H3. The van der Waals surface area contributed by atoms with Gasteiger partial charge >= 0.3 is 0 Å². The van der Waals surface area contributed by atoms with Gasteiger partial charge in [-0.25, -0.2) is 0 Å². The van der Waals surface area contributed by atoms with E-state index in [9.17, 15) is 0 Å². The fourth-order valence-corrected chi connectivity index (χ4v) is 1.80. The molecule has 0 aliphatic heterocycles. The highest BCUT2D eigenvalue weighted by Gasteiger charge is 2.12. The molecule has 76 valence electrons. The largest absolute Gasteiger partial charge is 0.418 e. The Kier molecular flexibility index (Phi) is 7.67. The van der Waals surface area contributed by atoms with Crippen LogP contribution in [-0.2, 0) is 4.43 Å². The Bertz CT molecular complexity index is 178. The zero-order chi connectivity index (χ0) is 10.2. The van der Waals surface area contributed by atoms with E-state index in [2.05, 4.69) is 41.3 Å². The number of halogens is 1. The van der Waals surface area contributed by atoms with Crippen molar-refractivity contribution in [1.29, 1.82) is 0 Å². The molecule has 0 aromatic heterocycles. The van der Waals surface area contributed by atoms with Crippen LogP contribution in [0.2, 0.25) is 19.6 Å². The van der Waals surface area contributed by atoms with Crippen LogP contribution in [0.25, 0.3) is 0 Å². The lowest BCUT2D eigenvalue weighted by Gasteiger charge is -2.16. The molecule has 0 unspecified atom stereocenters. The minimum atomic E-state index is -1.27. The summed E-state index contributed by atoms with van der Waals surface area (Å²) in [6, 6.07) is 0. The van der Waals surface area contributed by atoms with Crippen molar-refractivity contribution in [1.82, 2.24) is 0 Å². The van der Waals surface area contributed by atoms with Crippen LogP contribution < -0.4 is 0 Å². The van der Waals surface area contributed by atoms with Crippen molar-refractivity contribution < 1.29 is 4.43 Å². The topological polar surface area (TPSA) is 9.23 Å². The zero-order valence-corrected chi connectivity index (χ0v) is 11.4.